The van der Waals surface area contributed by atoms with Crippen molar-refractivity contribution in [3.63, 3.8) is 0 Å². The molecule has 9 heteroatoms. The van der Waals surface area contributed by atoms with Gasteiger partial charge in [0.2, 0.25) is 0 Å². The lowest BCUT2D eigenvalue weighted by molar-refractivity contribution is -0.140. The van der Waals surface area contributed by atoms with E-state index in [4.69, 9.17) is 5.73 Å². The quantitative estimate of drug-likeness (QED) is 0.372. The number of aliphatic imine (C=N–C) groups is 1. The van der Waals surface area contributed by atoms with Crippen molar-refractivity contribution in [2.75, 3.05) is 0 Å². The molecule has 1 heterocycles. The number of alkyl halides is 3. The molecule has 0 spiro atoms. The standard InChI is InChI=1S/C17H12F5N3O/c18-12-3-1-8(5-11(12)17(20,21)22)6-14(25-26)9-2-4-13(19)16-10(9)7-15(23)24-16/h1-5,26H,6-7H2,(H2,23,24)/b25-14+. The molecule has 3 N–H and O–H groups in total. The molecule has 0 atom stereocenters. The van der Waals surface area contributed by atoms with Gasteiger partial charge in [-0.05, 0) is 35.4 Å². The fourth-order valence-electron chi connectivity index (χ4n) is 2.82. The predicted octanol–water partition coefficient (Wildman–Crippen LogP) is 3.95. The first-order valence-corrected chi connectivity index (χ1v) is 7.42. The lowest BCUT2D eigenvalue weighted by Gasteiger charge is -2.12. The first-order valence-electron chi connectivity index (χ1n) is 7.42. The number of benzene rings is 2. The lowest BCUT2D eigenvalue weighted by Crippen LogP contribution is -2.14. The molecule has 0 saturated carbocycles. The number of hydrogen-bond donors (Lipinski definition) is 2. The Labute approximate surface area is 144 Å². The van der Waals surface area contributed by atoms with Crippen molar-refractivity contribution in [3.05, 3.63) is 64.2 Å². The minimum absolute atomic E-state index is 0.00844. The molecule has 0 saturated heterocycles. The molecule has 0 amide bonds. The summed E-state index contributed by atoms with van der Waals surface area (Å²) in [4.78, 5) is 3.88. The molecule has 0 bridgehead atoms. The second-order valence-electron chi connectivity index (χ2n) is 5.74. The van der Waals surface area contributed by atoms with Gasteiger partial charge >= 0.3 is 6.18 Å². The summed E-state index contributed by atoms with van der Waals surface area (Å²) in [5.74, 6) is -1.83. The van der Waals surface area contributed by atoms with Crippen LogP contribution in [0.1, 0.15) is 22.3 Å². The predicted molar refractivity (Wildman–Crippen MR) is 84.8 cm³/mol. The maximum absolute atomic E-state index is 13.8. The van der Waals surface area contributed by atoms with Gasteiger partial charge in [0, 0.05) is 18.4 Å². The molecule has 0 aromatic heterocycles. The van der Waals surface area contributed by atoms with Crippen molar-refractivity contribution in [1.29, 1.82) is 0 Å². The summed E-state index contributed by atoms with van der Waals surface area (Å²) in [6, 6.07) is 4.95. The van der Waals surface area contributed by atoms with Crippen LogP contribution in [0.2, 0.25) is 0 Å². The highest BCUT2D eigenvalue weighted by atomic mass is 19.4. The van der Waals surface area contributed by atoms with E-state index in [-0.39, 0.29) is 35.6 Å². The Morgan fingerprint density at radius 2 is 1.85 bits per heavy atom. The Balaban J connectivity index is 1.98. The molecule has 0 unspecified atom stereocenters. The van der Waals surface area contributed by atoms with E-state index in [9.17, 15) is 27.2 Å². The monoisotopic (exact) mass is 369 g/mol. The highest BCUT2D eigenvalue weighted by molar-refractivity contribution is 6.06. The van der Waals surface area contributed by atoms with Gasteiger partial charge in [-0.1, -0.05) is 11.2 Å². The minimum atomic E-state index is -4.85. The molecule has 0 fully saturated rings. The number of nitrogens with two attached hydrogens (primary N) is 1. The third-order valence-corrected chi connectivity index (χ3v) is 3.99. The highest BCUT2D eigenvalue weighted by Crippen LogP contribution is 2.34. The van der Waals surface area contributed by atoms with Gasteiger partial charge < -0.3 is 10.9 Å². The van der Waals surface area contributed by atoms with Crippen molar-refractivity contribution >= 4 is 17.2 Å². The molecule has 4 nitrogen and oxygen atoms in total. The smallest absolute Gasteiger partial charge is 0.411 e. The van der Waals surface area contributed by atoms with Crippen LogP contribution < -0.4 is 5.73 Å². The second-order valence-corrected chi connectivity index (χ2v) is 5.74. The summed E-state index contributed by atoms with van der Waals surface area (Å²) in [6.07, 6.45) is -4.95. The Morgan fingerprint density at radius 1 is 1.15 bits per heavy atom. The number of nitrogens with zero attached hydrogens (tertiary/aromatic N) is 2. The Morgan fingerprint density at radius 3 is 2.50 bits per heavy atom. The van der Waals surface area contributed by atoms with Crippen molar-refractivity contribution in [2.24, 2.45) is 15.9 Å². The zero-order valence-electron chi connectivity index (χ0n) is 13.1. The Kier molecular flexibility index (Phi) is 4.39. The van der Waals surface area contributed by atoms with Crippen LogP contribution in [0.3, 0.4) is 0 Å². The molecule has 1 aliphatic rings. The van der Waals surface area contributed by atoms with Gasteiger partial charge in [-0.2, -0.15) is 13.2 Å². The van der Waals surface area contributed by atoms with Gasteiger partial charge in [0.15, 0.2) is 0 Å². The van der Waals surface area contributed by atoms with Crippen molar-refractivity contribution in [1.82, 2.24) is 0 Å². The molecule has 136 valence electrons. The van der Waals surface area contributed by atoms with E-state index >= 15 is 0 Å². The van der Waals surface area contributed by atoms with Gasteiger partial charge in [-0.3, -0.25) is 0 Å². The van der Waals surface area contributed by atoms with E-state index in [2.05, 4.69) is 10.1 Å². The average Bonchev–Trinajstić information content (AvgIpc) is 2.96. The molecule has 0 radical (unpaired) electrons. The zero-order chi connectivity index (χ0) is 19.1. The largest absolute Gasteiger partial charge is 0.419 e. The SMILES string of the molecule is NC1=Nc2c(F)ccc(/C(Cc3ccc(F)c(C(F)(F)F)c3)=N/O)c2C1. The van der Waals surface area contributed by atoms with E-state index in [1.54, 1.807) is 0 Å². The lowest BCUT2D eigenvalue weighted by atomic mass is 9.95. The number of oxime groups is 1. The van der Waals surface area contributed by atoms with E-state index in [0.29, 0.717) is 23.3 Å². The summed E-state index contributed by atoms with van der Waals surface area (Å²) in [5, 5.41) is 12.4. The number of amidine groups is 1. The zero-order valence-corrected chi connectivity index (χ0v) is 13.1. The van der Waals surface area contributed by atoms with Crippen LogP contribution in [0.25, 0.3) is 0 Å². The van der Waals surface area contributed by atoms with Crippen LogP contribution in [0.5, 0.6) is 0 Å². The number of fused-ring (bicyclic) bond motifs is 1. The third-order valence-electron chi connectivity index (χ3n) is 3.99. The van der Waals surface area contributed by atoms with Crippen LogP contribution >= 0.6 is 0 Å². The van der Waals surface area contributed by atoms with E-state index in [1.807, 2.05) is 0 Å². The van der Waals surface area contributed by atoms with Gasteiger partial charge in [0.1, 0.15) is 23.2 Å². The topological polar surface area (TPSA) is 71.0 Å². The first-order chi connectivity index (χ1) is 12.2. The molecule has 3 rings (SSSR count). The van der Waals surface area contributed by atoms with Crippen LogP contribution in [0.4, 0.5) is 27.6 Å². The average molecular weight is 369 g/mol. The Bertz CT molecular complexity index is 935. The third kappa shape index (κ3) is 3.24. The fraction of sp³-hybridized carbons (Fsp3) is 0.176. The maximum atomic E-state index is 13.8. The molecule has 2 aromatic carbocycles. The normalized spacial score (nSPS) is 14.3. The summed E-state index contributed by atoms with van der Waals surface area (Å²) < 4.78 is 65.8. The molecule has 26 heavy (non-hydrogen) atoms. The second kappa shape index (κ2) is 6.40. The molecular weight excluding hydrogens is 357 g/mol. The number of halogens is 5. The first kappa shape index (κ1) is 17.8. The molecule has 2 aromatic rings. The van der Waals surface area contributed by atoms with Crippen LogP contribution in [-0.4, -0.2) is 16.8 Å². The summed E-state index contributed by atoms with van der Waals surface area (Å²) in [7, 11) is 0. The minimum Gasteiger partial charge on any atom is -0.411 e. The number of rotatable bonds is 3. The van der Waals surface area contributed by atoms with Crippen molar-refractivity contribution in [2.45, 2.75) is 19.0 Å². The van der Waals surface area contributed by atoms with E-state index in [0.717, 1.165) is 12.1 Å². The maximum Gasteiger partial charge on any atom is 0.419 e. The van der Waals surface area contributed by atoms with E-state index in [1.165, 1.54) is 6.07 Å². The molecular formula is C17H12F5N3O. The summed E-state index contributed by atoms with van der Waals surface area (Å²) >= 11 is 0. The van der Waals surface area contributed by atoms with Gasteiger partial charge in [0.05, 0.1) is 11.3 Å². The van der Waals surface area contributed by atoms with Crippen molar-refractivity contribution < 1.29 is 27.2 Å². The summed E-state index contributed by atoms with van der Waals surface area (Å²) in [6.45, 7) is 0. The van der Waals surface area contributed by atoms with Crippen LogP contribution in [0, 0.1) is 11.6 Å². The fourth-order valence-corrected chi connectivity index (χ4v) is 2.82. The summed E-state index contributed by atoms with van der Waals surface area (Å²) in [5.41, 5.74) is 4.98. The van der Waals surface area contributed by atoms with E-state index < -0.39 is 23.4 Å². The van der Waals surface area contributed by atoms with Crippen molar-refractivity contribution in [3.8, 4) is 0 Å². The Hall–Kier alpha value is -2.97. The van der Waals surface area contributed by atoms with Crippen LogP contribution in [0.15, 0.2) is 40.5 Å². The van der Waals surface area contributed by atoms with Gasteiger partial charge in [-0.25, -0.2) is 13.8 Å². The molecule has 0 aliphatic carbocycles. The van der Waals surface area contributed by atoms with Gasteiger partial charge in [-0.15, -0.1) is 0 Å². The van der Waals surface area contributed by atoms with Gasteiger partial charge in [0.25, 0.3) is 0 Å². The molecule has 1 aliphatic heterocycles. The highest BCUT2D eigenvalue weighted by Gasteiger charge is 2.34. The van der Waals surface area contributed by atoms with Crippen LogP contribution in [-0.2, 0) is 19.0 Å². The number of hydrogen-bond acceptors (Lipinski definition) is 4.